The zero-order chi connectivity index (χ0) is 13.4. The number of hydrogen-bond donors (Lipinski definition) is 2. The Bertz CT molecular complexity index is 458. The molecule has 0 aromatic heterocycles. The van der Waals surface area contributed by atoms with Gasteiger partial charge in [0.05, 0.1) is 6.61 Å². The van der Waals surface area contributed by atoms with Gasteiger partial charge >= 0.3 is 0 Å². The topological polar surface area (TPSA) is 32.3 Å². The molecule has 0 amide bonds. The molecule has 0 atom stereocenters. The largest absolute Gasteiger partial charge is 0.392 e. The SMILES string of the molecule is C=C(Nc1cccc(CC)c1)C(/C=C\CO)=C/C. The minimum Gasteiger partial charge on any atom is -0.392 e. The van der Waals surface area contributed by atoms with Crippen LogP contribution in [0.15, 0.2) is 60.3 Å². The Morgan fingerprint density at radius 3 is 2.83 bits per heavy atom. The van der Waals surface area contributed by atoms with Crippen LogP contribution in [-0.4, -0.2) is 11.7 Å². The highest BCUT2D eigenvalue weighted by atomic mass is 16.2. The molecule has 0 radical (unpaired) electrons. The van der Waals surface area contributed by atoms with Gasteiger partial charge in [0, 0.05) is 11.4 Å². The van der Waals surface area contributed by atoms with Crippen LogP contribution in [0.1, 0.15) is 19.4 Å². The second-order valence-corrected chi connectivity index (χ2v) is 3.99. The van der Waals surface area contributed by atoms with Gasteiger partial charge in [0.2, 0.25) is 0 Å². The highest BCUT2D eigenvalue weighted by Crippen LogP contribution is 2.17. The summed E-state index contributed by atoms with van der Waals surface area (Å²) in [6.45, 7) is 8.14. The molecule has 0 aliphatic heterocycles. The van der Waals surface area contributed by atoms with E-state index < -0.39 is 0 Å². The Hall–Kier alpha value is -1.80. The molecule has 0 bridgehead atoms. The summed E-state index contributed by atoms with van der Waals surface area (Å²) in [5.41, 5.74) is 4.14. The predicted molar refractivity (Wildman–Crippen MR) is 78.6 cm³/mol. The van der Waals surface area contributed by atoms with Crippen molar-refractivity contribution in [1.82, 2.24) is 0 Å². The summed E-state index contributed by atoms with van der Waals surface area (Å²) < 4.78 is 0. The average molecular weight is 243 g/mol. The third-order valence-electron chi connectivity index (χ3n) is 2.69. The molecule has 1 aromatic rings. The second kappa shape index (κ2) is 7.51. The molecule has 96 valence electrons. The molecule has 0 saturated carbocycles. The van der Waals surface area contributed by atoms with E-state index in [0.717, 1.165) is 23.4 Å². The van der Waals surface area contributed by atoms with Crippen LogP contribution in [0.3, 0.4) is 0 Å². The molecule has 0 saturated heterocycles. The number of aryl methyl sites for hydroxylation is 1. The van der Waals surface area contributed by atoms with Crippen molar-refractivity contribution in [3.05, 3.63) is 65.9 Å². The van der Waals surface area contributed by atoms with Crippen LogP contribution < -0.4 is 5.32 Å². The van der Waals surface area contributed by atoms with Gasteiger partial charge in [-0.15, -0.1) is 0 Å². The summed E-state index contributed by atoms with van der Waals surface area (Å²) in [6.07, 6.45) is 6.54. The van der Waals surface area contributed by atoms with E-state index in [9.17, 15) is 0 Å². The van der Waals surface area contributed by atoms with E-state index in [0.29, 0.717) is 0 Å². The Labute approximate surface area is 109 Å². The lowest BCUT2D eigenvalue weighted by molar-refractivity contribution is 0.342. The summed E-state index contributed by atoms with van der Waals surface area (Å²) in [6, 6.07) is 8.28. The molecule has 1 rings (SSSR count). The standard InChI is InChI=1S/C16H21NO/c1-4-14-8-6-10-16(12-14)17-13(3)15(5-2)9-7-11-18/h5-10,12,17-18H,3-4,11H2,1-2H3/b9-7-,15-5+. The van der Waals surface area contributed by atoms with Gasteiger partial charge in [-0.1, -0.05) is 43.9 Å². The lowest BCUT2D eigenvalue weighted by Crippen LogP contribution is -2.00. The van der Waals surface area contributed by atoms with Crippen molar-refractivity contribution in [3.63, 3.8) is 0 Å². The number of allylic oxidation sites excluding steroid dienone is 2. The molecule has 0 spiro atoms. The van der Waals surface area contributed by atoms with E-state index in [4.69, 9.17) is 5.11 Å². The van der Waals surface area contributed by atoms with E-state index in [2.05, 4.69) is 31.0 Å². The van der Waals surface area contributed by atoms with E-state index in [1.165, 1.54) is 5.56 Å². The number of benzene rings is 1. The number of hydrogen-bond acceptors (Lipinski definition) is 2. The van der Waals surface area contributed by atoms with Gasteiger partial charge in [-0.2, -0.15) is 0 Å². The Balaban J connectivity index is 2.77. The third-order valence-corrected chi connectivity index (χ3v) is 2.69. The molecule has 2 N–H and O–H groups in total. The zero-order valence-corrected chi connectivity index (χ0v) is 11.1. The van der Waals surface area contributed by atoms with Crippen LogP contribution in [0.2, 0.25) is 0 Å². The number of aliphatic hydroxyl groups is 1. The molecule has 2 heteroatoms. The second-order valence-electron chi connectivity index (χ2n) is 3.99. The van der Waals surface area contributed by atoms with Crippen LogP contribution in [0.5, 0.6) is 0 Å². The number of anilines is 1. The van der Waals surface area contributed by atoms with E-state index in [1.807, 2.05) is 31.2 Å². The molecule has 0 unspecified atom stereocenters. The van der Waals surface area contributed by atoms with E-state index in [1.54, 1.807) is 6.08 Å². The number of nitrogens with one attached hydrogen (secondary N) is 1. The first-order chi connectivity index (χ1) is 8.71. The fourth-order valence-corrected chi connectivity index (χ4v) is 1.67. The fourth-order valence-electron chi connectivity index (χ4n) is 1.67. The Morgan fingerprint density at radius 1 is 1.44 bits per heavy atom. The maximum atomic E-state index is 8.79. The normalized spacial score (nSPS) is 11.8. The van der Waals surface area contributed by atoms with Gasteiger partial charge in [0.25, 0.3) is 0 Å². The minimum atomic E-state index is 0.0376. The quantitative estimate of drug-likeness (QED) is 0.747. The Morgan fingerprint density at radius 2 is 2.22 bits per heavy atom. The monoisotopic (exact) mass is 243 g/mol. The van der Waals surface area contributed by atoms with Crippen molar-refractivity contribution in [1.29, 1.82) is 0 Å². The Kier molecular flexibility index (Phi) is 5.95. The van der Waals surface area contributed by atoms with Crippen LogP contribution >= 0.6 is 0 Å². The lowest BCUT2D eigenvalue weighted by atomic mass is 10.1. The fraction of sp³-hybridized carbons (Fsp3) is 0.250. The van der Waals surface area contributed by atoms with Gasteiger partial charge in [-0.25, -0.2) is 0 Å². The van der Waals surface area contributed by atoms with E-state index in [-0.39, 0.29) is 6.61 Å². The van der Waals surface area contributed by atoms with Gasteiger partial charge in [0.15, 0.2) is 0 Å². The molecule has 0 heterocycles. The van der Waals surface area contributed by atoms with Crippen molar-refractivity contribution >= 4 is 5.69 Å². The molecule has 18 heavy (non-hydrogen) atoms. The predicted octanol–water partition coefficient (Wildman–Crippen LogP) is 3.67. The van der Waals surface area contributed by atoms with Crippen molar-refractivity contribution < 1.29 is 5.11 Å². The molecule has 1 aromatic carbocycles. The number of aliphatic hydroxyl groups excluding tert-OH is 1. The van der Waals surface area contributed by atoms with Crippen LogP contribution in [0.25, 0.3) is 0 Å². The first-order valence-electron chi connectivity index (χ1n) is 6.20. The summed E-state index contributed by atoms with van der Waals surface area (Å²) in [5, 5.41) is 12.1. The van der Waals surface area contributed by atoms with Crippen molar-refractivity contribution in [2.24, 2.45) is 0 Å². The molecule has 0 aliphatic carbocycles. The van der Waals surface area contributed by atoms with Gasteiger partial charge in [0.1, 0.15) is 0 Å². The first kappa shape index (κ1) is 14.3. The first-order valence-corrected chi connectivity index (χ1v) is 6.20. The minimum absolute atomic E-state index is 0.0376. The summed E-state index contributed by atoms with van der Waals surface area (Å²) in [4.78, 5) is 0. The smallest absolute Gasteiger partial charge is 0.0615 e. The third kappa shape index (κ3) is 4.22. The zero-order valence-electron chi connectivity index (χ0n) is 11.1. The van der Waals surface area contributed by atoms with Crippen LogP contribution in [0, 0.1) is 0 Å². The summed E-state index contributed by atoms with van der Waals surface area (Å²) in [5.74, 6) is 0. The maximum absolute atomic E-state index is 8.79. The molecule has 0 aliphatic rings. The molecular weight excluding hydrogens is 222 g/mol. The van der Waals surface area contributed by atoms with Gasteiger partial charge < -0.3 is 10.4 Å². The highest BCUT2D eigenvalue weighted by molar-refractivity contribution is 5.55. The highest BCUT2D eigenvalue weighted by Gasteiger charge is 2.00. The summed E-state index contributed by atoms with van der Waals surface area (Å²) >= 11 is 0. The molecular formula is C16H21NO. The molecule has 0 fully saturated rings. The van der Waals surface area contributed by atoms with Crippen molar-refractivity contribution in [2.75, 3.05) is 11.9 Å². The van der Waals surface area contributed by atoms with Crippen LogP contribution in [0.4, 0.5) is 5.69 Å². The molecule has 2 nitrogen and oxygen atoms in total. The summed E-state index contributed by atoms with van der Waals surface area (Å²) in [7, 11) is 0. The van der Waals surface area contributed by atoms with Gasteiger partial charge in [-0.3, -0.25) is 0 Å². The van der Waals surface area contributed by atoms with Crippen molar-refractivity contribution in [3.8, 4) is 0 Å². The maximum Gasteiger partial charge on any atom is 0.0615 e. The lowest BCUT2D eigenvalue weighted by Gasteiger charge is -2.11. The number of rotatable bonds is 6. The van der Waals surface area contributed by atoms with Crippen molar-refractivity contribution in [2.45, 2.75) is 20.3 Å². The van der Waals surface area contributed by atoms with Gasteiger partial charge in [-0.05, 0) is 36.6 Å². The van der Waals surface area contributed by atoms with Crippen LogP contribution in [-0.2, 0) is 6.42 Å². The average Bonchev–Trinajstić information content (AvgIpc) is 2.40. The van der Waals surface area contributed by atoms with E-state index >= 15 is 0 Å².